The maximum atomic E-state index is 6.46. The lowest BCUT2D eigenvalue weighted by Crippen LogP contribution is -2.26. The molecule has 3 rings (SSSR count). The monoisotopic (exact) mass is 265 g/mol. The van der Waals surface area contributed by atoms with E-state index in [-0.39, 0.29) is 0 Å². The van der Waals surface area contributed by atoms with E-state index in [0.717, 1.165) is 17.3 Å². The van der Waals surface area contributed by atoms with Gasteiger partial charge in [-0.05, 0) is 55.8 Å². The lowest BCUT2D eigenvalue weighted by molar-refractivity contribution is 0.397. The van der Waals surface area contributed by atoms with Crippen LogP contribution in [0.1, 0.15) is 55.2 Å². The molecule has 2 fully saturated rings. The first-order valence-electron chi connectivity index (χ1n) is 6.90. The van der Waals surface area contributed by atoms with Gasteiger partial charge in [-0.15, -0.1) is 0 Å². The maximum absolute atomic E-state index is 6.46. The topological polar surface area (TPSA) is 21.3 Å². The molecule has 1 heterocycles. The molecule has 1 unspecified atom stereocenters. The van der Waals surface area contributed by atoms with Gasteiger partial charge in [0.15, 0.2) is 0 Å². The Morgan fingerprint density at radius 1 is 1.22 bits per heavy atom. The minimum absolute atomic E-state index is 0.443. The Morgan fingerprint density at radius 2 is 2.06 bits per heavy atom. The highest BCUT2D eigenvalue weighted by Crippen LogP contribution is 2.48. The Hall–Kier alpha value is -0.730. The van der Waals surface area contributed by atoms with Gasteiger partial charge in [-0.3, -0.25) is 0 Å². The molecule has 0 bridgehead atoms. The number of nitrogens with one attached hydrogen (secondary N) is 1. The number of ether oxygens (including phenoxy) is 1. The van der Waals surface area contributed by atoms with Crippen molar-refractivity contribution < 1.29 is 4.74 Å². The Kier molecular flexibility index (Phi) is 3.49. The molecule has 0 amide bonds. The van der Waals surface area contributed by atoms with Gasteiger partial charge in [-0.2, -0.15) is 0 Å². The molecule has 1 saturated heterocycles. The minimum Gasteiger partial charge on any atom is -0.496 e. The first kappa shape index (κ1) is 12.3. The zero-order chi connectivity index (χ0) is 12.5. The van der Waals surface area contributed by atoms with Crippen LogP contribution in [0.3, 0.4) is 0 Å². The highest BCUT2D eigenvalue weighted by atomic mass is 35.5. The SMILES string of the molecule is COc1cc(C2CCCCN2)cc(Cl)c1C1CC1. The largest absolute Gasteiger partial charge is 0.496 e. The Labute approximate surface area is 114 Å². The van der Waals surface area contributed by atoms with Gasteiger partial charge in [-0.25, -0.2) is 0 Å². The number of methoxy groups -OCH3 is 1. The average Bonchev–Trinajstić information content (AvgIpc) is 3.23. The van der Waals surface area contributed by atoms with Crippen LogP contribution in [-0.2, 0) is 0 Å². The van der Waals surface area contributed by atoms with Crippen LogP contribution in [0, 0.1) is 0 Å². The van der Waals surface area contributed by atoms with Crippen molar-refractivity contribution in [3.63, 3.8) is 0 Å². The van der Waals surface area contributed by atoms with E-state index in [1.807, 2.05) is 0 Å². The summed E-state index contributed by atoms with van der Waals surface area (Å²) in [4.78, 5) is 0. The third kappa shape index (κ3) is 2.36. The molecule has 18 heavy (non-hydrogen) atoms. The molecule has 1 atom stereocenters. The van der Waals surface area contributed by atoms with Crippen LogP contribution in [-0.4, -0.2) is 13.7 Å². The second-order valence-corrected chi connectivity index (χ2v) is 5.80. The van der Waals surface area contributed by atoms with Crippen molar-refractivity contribution in [3.8, 4) is 5.75 Å². The van der Waals surface area contributed by atoms with Crippen LogP contribution < -0.4 is 10.1 Å². The standard InChI is InChI=1S/C15H20ClNO/c1-18-14-9-11(13-4-2-3-7-17-13)8-12(16)15(14)10-5-6-10/h8-10,13,17H,2-7H2,1H3. The third-order valence-electron chi connectivity index (χ3n) is 4.03. The van der Waals surface area contributed by atoms with E-state index in [9.17, 15) is 0 Å². The van der Waals surface area contributed by atoms with Crippen LogP contribution in [0.15, 0.2) is 12.1 Å². The summed E-state index contributed by atoms with van der Waals surface area (Å²) in [5.74, 6) is 1.60. The molecular formula is C15H20ClNO. The first-order chi connectivity index (χ1) is 8.79. The molecule has 3 heteroatoms. The van der Waals surface area contributed by atoms with Crippen LogP contribution >= 0.6 is 11.6 Å². The summed E-state index contributed by atoms with van der Waals surface area (Å²) < 4.78 is 5.55. The molecule has 0 aromatic heterocycles. The van der Waals surface area contributed by atoms with Gasteiger partial charge in [0.1, 0.15) is 5.75 Å². The fourth-order valence-corrected chi connectivity index (χ4v) is 3.26. The maximum Gasteiger partial charge on any atom is 0.124 e. The highest BCUT2D eigenvalue weighted by molar-refractivity contribution is 6.31. The molecular weight excluding hydrogens is 246 g/mol. The van der Waals surface area contributed by atoms with E-state index in [4.69, 9.17) is 16.3 Å². The molecule has 1 aliphatic heterocycles. The Morgan fingerprint density at radius 3 is 2.67 bits per heavy atom. The number of benzene rings is 1. The third-order valence-corrected chi connectivity index (χ3v) is 4.34. The van der Waals surface area contributed by atoms with Crippen molar-refractivity contribution in [2.45, 2.75) is 44.1 Å². The zero-order valence-corrected chi connectivity index (χ0v) is 11.6. The second kappa shape index (κ2) is 5.10. The summed E-state index contributed by atoms with van der Waals surface area (Å²) >= 11 is 6.46. The number of hydrogen-bond donors (Lipinski definition) is 1. The summed E-state index contributed by atoms with van der Waals surface area (Å²) in [6.07, 6.45) is 6.26. The van der Waals surface area contributed by atoms with Crippen LogP contribution in [0.4, 0.5) is 0 Å². The number of rotatable bonds is 3. The molecule has 0 spiro atoms. The van der Waals surface area contributed by atoms with Crippen LogP contribution in [0.2, 0.25) is 5.02 Å². The van der Waals surface area contributed by atoms with Crippen molar-refractivity contribution in [2.75, 3.05) is 13.7 Å². The smallest absolute Gasteiger partial charge is 0.124 e. The number of hydrogen-bond acceptors (Lipinski definition) is 2. The molecule has 1 aromatic carbocycles. The van der Waals surface area contributed by atoms with Gasteiger partial charge in [0.05, 0.1) is 7.11 Å². The summed E-state index contributed by atoms with van der Waals surface area (Å²) in [7, 11) is 1.75. The average molecular weight is 266 g/mol. The molecule has 1 aromatic rings. The van der Waals surface area contributed by atoms with E-state index in [1.54, 1.807) is 7.11 Å². The number of halogens is 1. The fourth-order valence-electron chi connectivity index (χ4n) is 2.89. The van der Waals surface area contributed by atoms with Crippen molar-refractivity contribution in [1.82, 2.24) is 5.32 Å². The van der Waals surface area contributed by atoms with Crippen molar-refractivity contribution >= 4 is 11.6 Å². The second-order valence-electron chi connectivity index (χ2n) is 5.40. The lowest BCUT2D eigenvalue weighted by Gasteiger charge is -2.25. The molecule has 1 aliphatic carbocycles. The van der Waals surface area contributed by atoms with Gasteiger partial charge in [-0.1, -0.05) is 18.0 Å². The van der Waals surface area contributed by atoms with Crippen molar-refractivity contribution in [3.05, 3.63) is 28.3 Å². The van der Waals surface area contributed by atoms with Crippen LogP contribution in [0.25, 0.3) is 0 Å². The molecule has 0 radical (unpaired) electrons. The van der Waals surface area contributed by atoms with Crippen LogP contribution in [0.5, 0.6) is 5.75 Å². The van der Waals surface area contributed by atoms with E-state index >= 15 is 0 Å². The van der Waals surface area contributed by atoms with Crippen molar-refractivity contribution in [2.24, 2.45) is 0 Å². The molecule has 2 nitrogen and oxygen atoms in total. The quantitative estimate of drug-likeness (QED) is 0.891. The Balaban J connectivity index is 1.93. The van der Waals surface area contributed by atoms with Gasteiger partial charge in [0, 0.05) is 16.6 Å². The Bertz CT molecular complexity index is 436. The van der Waals surface area contributed by atoms with Gasteiger partial charge in [0.2, 0.25) is 0 Å². The molecule has 2 aliphatic rings. The predicted molar refractivity (Wildman–Crippen MR) is 74.6 cm³/mol. The van der Waals surface area contributed by atoms with Gasteiger partial charge in [0.25, 0.3) is 0 Å². The van der Waals surface area contributed by atoms with Gasteiger partial charge >= 0.3 is 0 Å². The normalized spacial score (nSPS) is 24.0. The minimum atomic E-state index is 0.443. The van der Waals surface area contributed by atoms with Crippen molar-refractivity contribution in [1.29, 1.82) is 0 Å². The lowest BCUT2D eigenvalue weighted by atomic mass is 9.95. The number of piperidine rings is 1. The zero-order valence-electron chi connectivity index (χ0n) is 10.8. The molecule has 1 saturated carbocycles. The molecule has 98 valence electrons. The summed E-state index contributed by atoms with van der Waals surface area (Å²) in [6.45, 7) is 1.11. The highest BCUT2D eigenvalue weighted by Gasteiger charge is 2.30. The first-order valence-corrected chi connectivity index (χ1v) is 7.28. The van der Waals surface area contributed by atoms with E-state index in [0.29, 0.717) is 12.0 Å². The van der Waals surface area contributed by atoms with E-state index < -0.39 is 0 Å². The van der Waals surface area contributed by atoms with Gasteiger partial charge < -0.3 is 10.1 Å². The summed E-state index contributed by atoms with van der Waals surface area (Å²) in [6, 6.07) is 4.77. The predicted octanol–water partition coefficient (Wildman–Crippen LogP) is 4.04. The summed E-state index contributed by atoms with van der Waals surface area (Å²) in [5.41, 5.74) is 2.50. The van der Waals surface area contributed by atoms with E-state index in [1.165, 1.54) is 43.2 Å². The fraction of sp³-hybridized carbons (Fsp3) is 0.600. The van der Waals surface area contributed by atoms with E-state index in [2.05, 4.69) is 17.4 Å². The molecule has 1 N–H and O–H groups in total. The summed E-state index contributed by atoms with van der Waals surface area (Å²) in [5, 5.41) is 4.45.